The van der Waals surface area contributed by atoms with Crippen molar-refractivity contribution in [3.05, 3.63) is 29.6 Å². The Morgan fingerprint density at radius 3 is 3.06 bits per heavy atom. The lowest BCUT2D eigenvalue weighted by atomic mass is 9.92. The molecule has 17 heavy (non-hydrogen) atoms. The molecule has 3 rings (SSSR count). The number of ketones is 1. The van der Waals surface area contributed by atoms with Crippen molar-refractivity contribution in [1.82, 2.24) is 0 Å². The van der Waals surface area contributed by atoms with Gasteiger partial charge in [-0.3, -0.25) is 4.79 Å². The van der Waals surface area contributed by atoms with Crippen LogP contribution in [0.2, 0.25) is 0 Å². The molecular weight excluding hydrogens is 239 g/mol. The van der Waals surface area contributed by atoms with Crippen molar-refractivity contribution in [3.8, 4) is 5.75 Å². The average molecular weight is 252 g/mol. The molecule has 0 saturated carbocycles. The molecule has 2 aliphatic heterocycles. The number of halogens is 1. The lowest BCUT2D eigenvalue weighted by molar-refractivity contribution is 0.0760. The van der Waals surface area contributed by atoms with Crippen LogP contribution in [0.5, 0.6) is 5.75 Å². The smallest absolute Gasteiger partial charge is 0.170 e. The molecule has 2 nitrogen and oxygen atoms in total. The number of fused-ring (bicyclic) bond motifs is 1. The first-order chi connectivity index (χ1) is 8.24. The van der Waals surface area contributed by atoms with Gasteiger partial charge in [-0.15, -0.1) is 0 Å². The average Bonchev–Trinajstić information content (AvgIpc) is 2.81. The molecule has 1 saturated heterocycles. The van der Waals surface area contributed by atoms with E-state index in [0.29, 0.717) is 23.7 Å². The van der Waals surface area contributed by atoms with Gasteiger partial charge < -0.3 is 4.74 Å². The Morgan fingerprint density at radius 2 is 2.29 bits per heavy atom. The maximum Gasteiger partial charge on any atom is 0.170 e. The molecule has 0 radical (unpaired) electrons. The van der Waals surface area contributed by atoms with Gasteiger partial charge in [-0.2, -0.15) is 11.8 Å². The second-order valence-corrected chi connectivity index (χ2v) is 5.70. The Balaban J connectivity index is 1.88. The van der Waals surface area contributed by atoms with E-state index in [2.05, 4.69) is 0 Å². The van der Waals surface area contributed by atoms with E-state index in [1.807, 2.05) is 11.8 Å². The third-order valence-electron chi connectivity index (χ3n) is 3.40. The van der Waals surface area contributed by atoms with Gasteiger partial charge in [-0.05, 0) is 30.1 Å². The number of Topliss-reactive ketones (excluding diaryl/α,β-unsaturated/α-hetero) is 1. The maximum absolute atomic E-state index is 13.1. The maximum atomic E-state index is 13.1. The highest BCUT2D eigenvalue weighted by Gasteiger charge is 2.34. The van der Waals surface area contributed by atoms with E-state index >= 15 is 0 Å². The van der Waals surface area contributed by atoms with Crippen LogP contribution in [0.3, 0.4) is 0 Å². The van der Waals surface area contributed by atoms with Crippen molar-refractivity contribution >= 4 is 17.5 Å². The number of carbonyl (C=O) groups is 1. The lowest BCUT2D eigenvalue weighted by Gasteiger charge is -2.29. The number of thioether (sulfide) groups is 1. The van der Waals surface area contributed by atoms with Crippen molar-refractivity contribution in [2.45, 2.75) is 18.9 Å². The van der Waals surface area contributed by atoms with E-state index in [4.69, 9.17) is 4.74 Å². The van der Waals surface area contributed by atoms with Crippen LogP contribution < -0.4 is 4.74 Å². The van der Waals surface area contributed by atoms with E-state index in [-0.39, 0.29) is 17.7 Å². The summed E-state index contributed by atoms with van der Waals surface area (Å²) in [6.45, 7) is 0. The zero-order chi connectivity index (χ0) is 11.8. The van der Waals surface area contributed by atoms with Crippen molar-refractivity contribution < 1.29 is 13.9 Å². The number of benzene rings is 1. The highest BCUT2D eigenvalue weighted by Crippen LogP contribution is 2.35. The van der Waals surface area contributed by atoms with Crippen LogP contribution in [-0.2, 0) is 0 Å². The molecule has 1 aromatic carbocycles. The minimum Gasteiger partial charge on any atom is -0.489 e. The minimum atomic E-state index is -0.349. The van der Waals surface area contributed by atoms with Gasteiger partial charge in [-0.25, -0.2) is 4.39 Å². The molecule has 2 unspecified atom stereocenters. The highest BCUT2D eigenvalue weighted by atomic mass is 32.2. The standard InChI is InChI=1S/C13H13FO2S/c14-9-1-2-10-11(15)6-12(16-13(10)5-9)8-3-4-17-7-8/h1-2,5,8,12H,3-4,6-7H2. The predicted molar refractivity (Wildman–Crippen MR) is 65.2 cm³/mol. The summed E-state index contributed by atoms with van der Waals surface area (Å²) in [6.07, 6.45) is 1.46. The second-order valence-electron chi connectivity index (χ2n) is 4.55. The second kappa shape index (κ2) is 4.33. The zero-order valence-electron chi connectivity index (χ0n) is 9.32. The number of carbonyl (C=O) groups excluding carboxylic acids is 1. The molecule has 0 aromatic heterocycles. The monoisotopic (exact) mass is 252 g/mol. The van der Waals surface area contributed by atoms with Crippen LogP contribution in [0.4, 0.5) is 4.39 Å². The third kappa shape index (κ3) is 2.06. The summed E-state index contributed by atoms with van der Waals surface area (Å²) < 4.78 is 18.9. The first kappa shape index (κ1) is 11.1. The Labute approximate surface area is 104 Å². The molecule has 4 heteroatoms. The summed E-state index contributed by atoms with van der Waals surface area (Å²) in [7, 11) is 0. The van der Waals surface area contributed by atoms with Crippen LogP contribution in [0.1, 0.15) is 23.2 Å². The van der Waals surface area contributed by atoms with E-state index in [0.717, 1.165) is 17.9 Å². The van der Waals surface area contributed by atoms with E-state index in [1.54, 1.807) is 0 Å². The predicted octanol–water partition coefficient (Wildman–Crippen LogP) is 2.91. The number of hydrogen-bond donors (Lipinski definition) is 0. The Hall–Kier alpha value is -1.03. The van der Waals surface area contributed by atoms with Gasteiger partial charge in [0.2, 0.25) is 0 Å². The number of ether oxygens (including phenoxy) is 1. The molecule has 90 valence electrons. The number of hydrogen-bond acceptors (Lipinski definition) is 3. The van der Waals surface area contributed by atoms with E-state index < -0.39 is 0 Å². The molecule has 2 aliphatic rings. The van der Waals surface area contributed by atoms with Crippen LogP contribution in [0, 0.1) is 11.7 Å². The molecule has 0 bridgehead atoms. The van der Waals surface area contributed by atoms with Gasteiger partial charge in [0.15, 0.2) is 5.78 Å². The Kier molecular flexibility index (Phi) is 2.82. The van der Waals surface area contributed by atoms with Crippen molar-refractivity contribution in [2.24, 2.45) is 5.92 Å². The summed E-state index contributed by atoms with van der Waals surface area (Å²) in [6, 6.07) is 4.15. The van der Waals surface area contributed by atoms with Crippen LogP contribution in [0.15, 0.2) is 18.2 Å². The Bertz CT molecular complexity index is 455. The largest absolute Gasteiger partial charge is 0.489 e. The fraction of sp³-hybridized carbons (Fsp3) is 0.462. The number of rotatable bonds is 1. The summed E-state index contributed by atoms with van der Waals surface area (Å²) in [5.41, 5.74) is 0.522. The summed E-state index contributed by atoms with van der Waals surface area (Å²) in [5.74, 6) is 2.76. The van der Waals surface area contributed by atoms with Gasteiger partial charge in [0.1, 0.15) is 17.7 Å². The van der Waals surface area contributed by atoms with E-state index in [1.165, 1.54) is 18.2 Å². The highest BCUT2D eigenvalue weighted by molar-refractivity contribution is 7.99. The van der Waals surface area contributed by atoms with Gasteiger partial charge in [0.05, 0.1) is 5.56 Å². The normalized spacial score (nSPS) is 27.7. The van der Waals surface area contributed by atoms with Gasteiger partial charge >= 0.3 is 0 Å². The van der Waals surface area contributed by atoms with Crippen molar-refractivity contribution in [2.75, 3.05) is 11.5 Å². The third-order valence-corrected chi connectivity index (χ3v) is 4.59. The molecule has 0 spiro atoms. The molecule has 2 atom stereocenters. The molecule has 0 aliphatic carbocycles. The van der Waals surface area contributed by atoms with Gasteiger partial charge in [0, 0.05) is 18.4 Å². The molecule has 0 amide bonds. The van der Waals surface area contributed by atoms with Crippen LogP contribution in [-0.4, -0.2) is 23.4 Å². The van der Waals surface area contributed by atoms with E-state index in [9.17, 15) is 9.18 Å². The summed E-state index contributed by atoms with van der Waals surface area (Å²) in [5, 5.41) is 0. The molecular formula is C13H13FO2S. The van der Waals surface area contributed by atoms with Crippen LogP contribution >= 0.6 is 11.8 Å². The fourth-order valence-electron chi connectivity index (χ4n) is 2.43. The SMILES string of the molecule is O=C1CC(C2CCSC2)Oc2cc(F)ccc21. The first-order valence-electron chi connectivity index (χ1n) is 5.81. The molecule has 2 heterocycles. The Morgan fingerprint density at radius 1 is 1.41 bits per heavy atom. The van der Waals surface area contributed by atoms with Gasteiger partial charge in [0.25, 0.3) is 0 Å². The molecule has 1 fully saturated rings. The topological polar surface area (TPSA) is 26.3 Å². The summed E-state index contributed by atoms with van der Waals surface area (Å²) in [4.78, 5) is 12.0. The quantitative estimate of drug-likeness (QED) is 0.768. The summed E-state index contributed by atoms with van der Waals surface area (Å²) >= 11 is 1.90. The fourth-order valence-corrected chi connectivity index (χ4v) is 3.75. The van der Waals surface area contributed by atoms with Crippen LogP contribution in [0.25, 0.3) is 0 Å². The molecule has 0 N–H and O–H groups in total. The zero-order valence-corrected chi connectivity index (χ0v) is 10.1. The van der Waals surface area contributed by atoms with Crippen molar-refractivity contribution in [3.63, 3.8) is 0 Å². The first-order valence-corrected chi connectivity index (χ1v) is 6.96. The van der Waals surface area contributed by atoms with Gasteiger partial charge in [-0.1, -0.05) is 0 Å². The minimum absolute atomic E-state index is 0.0631. The lowest BCUT2D eigenvalue weighted by Crippen LogP contribution is -2.33. The molecule has 1 aromatic rings. The van der Waals surface area contributed by atoms with Crippen molar-refractivity contribution in [1.29, 1.82) is 0 Å².